The molecule has 0 saturated heterocycles. The van der Waals surface area contributed by atoms with Gasteiger partial charge in [-0.1, -0.05) is 229 Å². The molecule has 0 saturated carbocycles. The topological polar surface area (TPSA) is 109 Å². The van der Waals surface area contributed by atoms with Crippen LogP contribution >= 0.6 is 0 Å². The molecular formula is C80H61N10OPt-3. The summed E-state index contributed by atoms with van der Waals surface area (Å²) < 4.78 is 6.96. The second-order valence-corrected chi connectivity index (χ2v) is 24.7. The molecule has 0 aliphatic carbocycles. The summed E-state index contributed by atoms with van der Waals surface area (Å²) in [5, 5.41) is 0. The molecule has 0 N–H and O–H groups in total. The van der Waals surface area contributed by atoms with E-state index in [-0.39, 0.29) is 31.9 Å². The number of hydrogen-bond acceptors (Lipinski definition) is 11. The molecule has 2 aliphatic rings. The molecule has 0 amide bonds. The minimum Gasteiger partial charge on any atom is -0.509 e. The smallest absolute Gasteiger partial charge is 0.166 e. The monoisotopic (exact) mass is 1370 g/mol. The average molecular weight is 1370 g/mol. The fourth-order valence-electron chi connectivity index (χ4n) is 11.9. The van der Waals surface area contributed by atoms with Gasteiger partial charge >= 0.3 is 0 Å². The SMILES string of the molecule is CC(C)(C)c1ccnc(N2c3[c-]c(Oc4[c-]c(N5[CH-]N(c6c(-c7nc(-c8ccccc8)nc(-c8ccccc8)n7)cc(C(C)(C)C)cc6-c6nc(-c7ccccc7)nc(-c7ccccc7)n6)c6ccccc65)ccc4)ccc3-c3ccccc3-c3ccccc32)c1.[Pt]. The molecule has 15 rings (SSSR count). The van der Waals surface area contributed by atoms with Gasteiger partial charge in [-0.25, -0.2) is 34.9 Å². The molecule has 0 bridgehead atoms. The minimum absolute atomic E-state index is 0. The molecule has 3 aromatic heterocycles. The largest absolute Gasteiger partial charge is 0.509 e. The Kier molecular flexibility index (Phi) is 15.5. The van der Waals surface area contributed by atoms with Crippen molar-refractivity contribution in [2.24, 2.45) is 0 Å². The van der Waals surface area contributed by atoms with Gasteiger partial charge in [-0.2, -0.15) is 12.1 Å². The third-order valence-electron chi connectivity index (χ3n) is 16.6. The van der Waals surface area contributed by atoms with E-state index in [0.717, 1.165) is 101 Å². The summed E-state index contributed by atoms with van der Waals surface area (Å²) in [4.78, 5) is 43.7. The van der Waals surface area contributed by atoms with E-state index in [0.29, 0.717) is 46.4 Å². The zero-order valence-corrected chi connectivity index (χ0v) is 53.8. The van der Waals surface area contributed by atoms with Crippen molar-refractivity contribution in [1.82, 2.24) is 34.9 Å². The van der Waals surface area contributed by atoms with Crippen LogP contribution in [0.25, 0.3) is 90.6 Å². The van der Waals surface area contributed by atoms with Gasteiger partial charge in [0.1, 0.15) is 5.82 Å². The Morgan fingerprint density at radius 2 is 0.793 bits per heavy atom. The number of fused-ring (bicyclic) bond motifs is 6. The molecule has 2 aliphatic heterocycles. The summed E-state index contributed by atoms with van der Waals surface area (Å²) in [6.07, 6.45) is 1.90. The number of aromatic nitrogens is 7. The molecule has 0 unspecified atom stereocenters. The fourth-order valence-corrected chi connectivity index (χ4v) is 11.9. The maximum Gasteiger partial charge on any atom is 0.166 e. The van der Waals surface area contributed by atoms with Gasteiger partial charge in [0.15, 0.2) is 34.9 Å². The quantitative estimate of drug-likeness (QED) is 0.116. The third kappa shape index (κ3) is 11.3. The molecule has 10 aromatic carbocycles. The Hall–Kier alpha value is -10.7. The fraction of sp³-hybridized carbons (Fsp3) is 0.100. The second kappa shape index (κ2) is 24.2. The van der Waals surface area contributed by atoms with Crippen LogP contribution in [0.15, 0.2) is 255 Å². The Morgan fingerprint density at radius 1 is 0.359 bits per heavy atom. The first-order valence-electron chi connectivity index (χ1n) is 30.5. The first-order valence-corrected chi connectivity index (χ1v) is 30.5. The van der Waals surface area contributed by atoms with Crippen LogP contribution in [0.4, 0.5) is 39.9 Å². The van der Waals surface area contributed by atoms with Gasteiger partial charge in [0, 0.05) is 94.8 Å². The van der Waals surface area contributed by atoms with Gasteiger partial charge in [-0.15, -0.1) is 48.3 Å². The van der Waals surface area contributed by atoms with E-state index < -0.39 is 0 Å². The number of hydrogen-bond donors (Lipinski definition) is 0. The Balaban J connectivity index is 0.00000735. The van der Waals surface area contributed by atoms with Gasteiger partial charge in [-0.3, -0.25) is 0 Å². The van der Waals surface area contributed by atoms with E-state index >= 15 is 0 Å². The maximum absolute atomic E-state index is 6.96. The molecule has 12 heteroatoms. The summed E-state index contributed by atoms with van der Waals surface area (Å²) in [7, 11) is 0. The normalized spacial score (nSPS) is 12.5. The average Bonchev–Trinajstić information content (AvgIpc) is 1.47. The van der Waals surface area contributed by atoms with Crippen LogP contribution in [0, 0.1) is 18.8 Å². The summed E-state index contributed by atoms with van der Waals surface area (Å²) >= 11 is 0. The molecule has 450 valence electrons. The summed E-state index contributed by atoms with van der Waals surface area (Å²) in [5.74, 6) is 4.91. The Bertz CT molecular complexity index is 4620. The van der Waals surface area contributed by atoms with Crippen molar-refractivity contribution >= 4 is 39.9 Å². The van der Waals surface area contributed by atoms with Crippen LogP contribution in [0.3, 0.4) is 0 Å². The van der Waals surface area contributed by atoms with Crippen molar-refractivity contribution < 1.29 is 25.8 Å². The predicted octanol–water partition coefficient (Wildman–Crippen LogP) is 20.0. The number of ether oxygens (including phenoxy) is 1. The molecule has 11 nitrogen and oxygen atoms in total. The number of anilines is 7. The summed E-state index contributed by atoms with van der Waals surface area (Å²) in [5.41, 5.74) is 16.0. The number of benzene rings is 10. The van der Waals surface area contributed by atoms with Crippen LogP contribution in [0.2, 0.25) is 0 Å². The summed E-state index contributed by atoms with van der Waals surface area (Å²) in [6, 6.07) is 92.1. The van der Waals surface area contributed by atoms with Crippen molar-refractivity contribution in [3.63, 3.8) is 0 Å². The van der Waals surface area contributed by atoms with E-state index in [9.17, 15) is 0 Å². The Labute approximate surface area is 551 Å². The third-order valence-corrected chi connectivity index (χ3v) is 16.6. The molecular weight excluding hydrogens is 1310 g/mol. The van der Waals surface area contributed by atoms with Crippen molar-refractivity contribution in [3.05, 3.63) is 285 Å². The van der Waals surface area contributed by atoms with Crippen LogP contribution in [0.5, 0.6) is 11.5 Å². The Morgan fingerprint density at radius 3 is 1.30 bits per heavy atom. The first-order chi connectivity index (χ1) is 44.4. The summed E-state index contributed by atoms with van der Waals surface area (Å²) in [6.45, 7) is 15.4. The van der Waals surface area contributed by atoms with Crippen molar-refractivity contribution in [2.45, 2.75) is 52.4 Å². The van der Waals surface area contributed by atoms with Crippen molar-refractivity contribution in [1.29, 1.82) is 0 Å². The zero-order chi connectivity index (χ0) is 61.8. The molecule has 0 atom stereocenters. The molecule has 5 heterocycles. The predicted molar refractivity (Wildman–Crippen MR) is 366 cm³/mol. The minimum atomic E-state index is -0.374. The van der Waals surface area contributed by atoms with E-state index in [2.05, 4.69) is 178 Å². The number of rotatable bonds is 11. The molecule has 0 radical (unpaired) electrons. The van der Waals surface area contributed by atoms with E-state index in [1.54, 1.807) is 0 Å². The standard InChI is InChI=1S/C80H61N10O.Pt/c1-79(2,3)56-44-45-81-71(48-56)90-67-39-22-21-38-63(67)61-36-19-20-37-62(61)64-43-42-60(50-70(64)90)91-59-35-25-34-58(49-59)88-51-89(69-41-24-23-40-68(69)88)72-65(77-84-73(52-26-11-7-12-27-52)82-74(85-77)53-28-13-8-14-29-53)46-57(80(4,5)6)47-66(72)78-86-75(54-30-15-9-16-31-54)83-76(87-78)55-32-17-10-18-33-55;/h7-48,51H,1-6H3;/q-3;. The van der Waals surface area contributed by atoms with Gasteiger partial charge in [0.05, 0.1) is 5.69 Å². The van der Waals surface area contributed by atoms with Gasteiger partial charge in [-0.05, 0) is 70.0 Å². The zero-order valence-electron chi connectivity index (χ0n) is 51.5. The molecule has 92 heavy (non-hydrogen) atoms. The molecule has 0 fully saturated rings. The van der Waals surface area contributed by atoms with Crippen LogP contribution in [-0.2, 0) is 31.9 Å². The van der Waals surface area contributed by atoms with Gasteiger partial charge in [0.25, 0.3) is 0 Å². The van der Waals surface area contributed by atoms with E-state index in [4.69, 9.17) is 39.6 Å². The van der Waals surface area contributed by atoms with Gasteiger partial charge < -0.3 is 19.4 Å². The van der Waals surface area contributed by atoms with Crippen molar-refractivity contribution in [2.75, 3.05) is 14.7 Å². The van der Waals surface area contributed by atoms with Crippen LogP contribution < -0.4 is 19.4 Å². The maximum atomic E-state index is 6.96. The van der Waals surface area contributed by atoms with Crippen molar-refractivity contribution in [3.8, 4) is 102 Å². The molecule has 13 aromatic rings. The van der Waals surface area contributed by atoms with E-state index in [1.807, 2.05) is 152 Å². The van der Waals surface area contributed by atoms with E-state index in [1.165, 1.54) is 5.56 Å². The van der Waals surface area contributed by atoms with Crippen LogP contribution in [0.1, 0.15) is 52.7 Å². The number of para-hydroxylation sites is 3. The second-order valence-electron chi connectivity index (χ2n) is 24.7. The number of nitrogens with zero attached hydrogens (tertiary/aromatic N) is 10. The first kappa shape index (κ1) is 58.9. The van der Waals surface area contributed by atoms with Crippen LogP contribution in [-0.4, -0.2) is 34.9 Å². The van der Waals surface area contributed by atoms with Gasteiger partial charge in [0.2, 0.25) is 0 Å². The molecule has 0 spiro atoms. The number of pyridine rings is 1.